The average molecular weight is 373 g/mol. The van der Waals surface area contributed by atoms with E-state index in [9.17, 15) is 8.78 Å². The molecule has 0 aliphatic heterocycles. The maximum Gasteiger partial charge on any atom is 0.271 e. The van der Waals surface area contributed by atoms with Crippen LogP contribution in [0.2, 0.25) is 0 Å². The number of aromatic nitrogens is 3. The second-order valence-corrected chi connectivity index (χ2v) is 8.37. The van der Waals surface area contributed by atoms with Crippen LogP contribution in [-0.4, -0.2) is 20.7 Å². The van der Waals surface area contributed by atoms with Crippen molar-refractivity contribution in [2.24, 2.45) is 11.8 Å². The predicted octanol–water partition coefficient (Wildman–Crippen LogP) is 5.67. The van der Waals surface area contributed by atoms with Gasteiger partial charge in [0.05, 0.1) is 11.2 Å². The molecule has 3 aromatic rings. The average Bonchev–Trinajstić information content (AvgIpc) is 3.00. The van der Waals surface area contributed by atoms with Crippen LogP contribution in [0.25, 0.3) is 16.7 Å². The minimum atomic E-state index is -2.86. The quantitative estimate of drug-likeness (QED) is 0.540. The van der Waals surface area contributed by atoms with E-state index >= 15 is 0 Å². The first-order valence-electron chi connectivity index (χ1n) is 8.88. The lowest BCUT2D eigenvalue weighted by molar-refractivity contribution is 0.0146. The molecule has 0 N–H and O–H groups in total. The third kappa shape index (κ3) is 3.34. The Hall–Kier alpha value is -1.95. The van der Waals surface area contributed by atoms with Crippen LogP contribution >= 0.6 is 11.8 Å². The van der Waals surface area contributed by atoms with Crippen molar-refractivity contribution in [2.75, 3.05) is 5.75 Å². The van der Waals surface area contributed by atoms with Crippen molar-refractivity contribution in [3.8, 4) is 5.69 Å². The number of nitrogens with zero attached hydrogens (tertiary/aromatic N) is 3. The number of thioether (sulfide) groups is 1. The topological polar surface area (TPSA) is 30.7 Å². The number of para-hydroxylation sites is 1. The molecule has 1 aliphatic rings. The van der Waals surface area contributed by atoms with Gasteiger partial charge in [-0.25, -0.2) is 13.5 Å². The highest BCUT2D eigenvalue weighted by molar-refractivity contribution is 7.99. The van der Waals surface area contributed by atoms with Gasteiger partial charge in [-0.2, -0.15) is 0 Å². The second kappa shape index (κ2) is 6.65. The molecule has 0 saturated heterocycles. The minimum Gasteiger partial charge on any atom is -0.213 e. The fourth-order valence-corrected chi connectivity index (χ4v) is 4.89. The fraction of sp³-hybridized carbons (Fsp3) is 0.400. The van der Waals surface area contributed by atoms with Crippen LogP contribution in [0.4, 0.5) is 8.78 Å². The van der Waals surface area contributed by atoms with E-state index in [1.165, 1.54) is 30.7 Å². The Morgan fingerprint density at radius 2 is 1.96 bits per heavy atom. The Kier molecular flexibility index (Phi) is 4.47. The zero-order valence-corrected chi connectivity index (χ0v) is 15.6. The second-order valence-electron chi connectivity index (χ2n) is 7.31. The molecule has 6 heteroatoms. The molecule has 0 bridgehead atoms. The van der Waals surface area contributed by atoms with Gasteiger partial charge in [0.15, 0.2) is 0 Å². The highest BCUT2D eigenvalue weighted by Gasteiger charge is 2.30. The van der Waals surface area contributed by atoms with Gasteiger partial charge in [0.25, 0.3) is 5.92 Å². The molecular formula is C20H21F2N3S. The molecule has 4 rings (SSSR count). The number of benzene rings is 2. The van der Waals surface area contributed by atoms with Gasteiger partial charge in [0.2, 0.25) is 0 Å². The van der Waals surface area contributed by atoms with Crippen LogP contribution in [0.3, 0.4) is 0 Å². The molecule has 1 heterocycles. The van der Waals surface area contributed by atoms with E-state index in [0.29, 0.717) is 10.8 Å². The summed E-state index contributed by atoms with van der Waals surface area (Å²) in [5.74, 6) is -0.586. The van der Waals surface area contributed by atoms with Crippen LogP contribution in [0.15, 0.2) is 47.4 Å². The van der Waals surface area contributed by atoms with Gasteiger partial charge in [-0.05, 0) is 55.0 Å². The Balaban J connectivity index is 1.69. The molecule has 0 atom stereocenters. The summed E-state index contributed by atoms with van der Waals surface area (Å²) in [5, 5.41) is 8.36. The van der Waals surface area contributed by atoms with Crippen molar-refractivity contribution >= 4 is 22.8 Å². The van der Waals surface area contributed by atoms with E-state index in [0.717, 1.165) is 35.3 Å². The lowest BCUT2D eigenvalue weighted by Crippen LogP contribution is -2.23. The van der Waals surface area contributed by atoms with Gasteiger partial charge in [0, 0.05) is 23.1 Å². The van der Waals surface area contributed by atoms with E-state index in [1.54, 1.807) is 10.7 Å². The number of hydrogen-bond donors (Lipinski definition) is 0. The van der Waals surface area contributed by atoms with E-state index in [4.69, 9.17) is 0 Å². The summed E-state index contributed by atoms with van der Waals surface area (Å²) in [6.45, 7) is 3.20. The summed E-state index contributed by atoms with van der Waals surface area (Å²) >= 11 is 1.54. The molecule has 1 saturated carbocycles. The maximum absolute atomic E-state index is 14.1. The summed E-state index contributed by atoms with van der Waals surface area (Å²) in [6, 6.07) is 12.7. The largest absolute Gasteiger partial charge is 0.271 e. The van der Waals surface area contributed by atoms with Crippen molar-refractivity contribution in [3.63, 3.8) is 0 Å². The highest BCUT2D eigenvalue weighted by Crippen LogP contribution is 2.41. The van der Waals surface area contributed by atoms with Crippen molar-refractivity contribution < 1.29 is 8.78 Å². The highest BCUT2D eigenvalue weighted by atomic mass is 32.2. The van der Waals surface area contributed by atoms with Crippen LogP contribution in [0.1, 0.15) is 32.3 Å². The van der Waals surface area contributed by atoms with Crippen LogP contribution in [0, 0.1) is 11.8 Å². The van der Waals surface area contributed by atoms with Crippen LogP contribution in [0.5, 0.6) is 0 Å². The SMILES string of the molecule is CC1CC(CSc2cc(-n3nnc4ccccc43)ccc2C(C)(F)F)C1. The molecule has 3 nitrogen and oxygen atoms in total. The van der Waals surface area contributed by atoms with E-state index in [1.807, 2.05) is 30.3 Å². The molecule has 0 spiro atoms. The van der Waals surface area contributed by atoms with Crippen LogP contribution in [-0.2, 0) is 5.92 Å². The van der Waals surface area contributed by atoms with Gasteiger partial charge >= 0.3 is 0 Å². The molecular weight excluding hydrogens is 352 g/mol. The monoisotopic (exact) mass is 373 g/mol. The molecule has 1 fully saturated rings. The minimum absolute atomic E-state index is 0.0862. The molecule has 0 unspecified atom stereocenters. The molecule has 0 amide bonds. The third-order valence-electron chi connectivity index (χ3n) is 4.98. The van der Waals surface area contributed by atoms with E-state index in [-0.39, 0.29) is 5.56 Å². The number of alkyl halides is 2. The van der Waals surface area contributed by atoms with Gasteiger partial charge in [0.1, 0.15) is 5.52 Å². The van der Waals surface area contributed by atoms with Gasteiger partial charge < -0.3 is 0 Å². The van der Waals surface area contributed by atoms with Crippen molar-refractivity contribution in [1.29, 1.82) is 0 Å². The van der Waals surface area contributed by atoms with Crippen molar-refractivity contribution in [2.45, 2.75) is 37.5 Å². The number of rotatable bonds is 5. The van der Waals surface area contributed by atoms with Crippen molar-refractivity contribution in [1.82, 2.24) is 15.0 Å². The van der Waals surface area contributed by atoms with E-state index in [2.05, 4.69) is 17.2 Å². The Bertz CT molecular complexity index is 926. The molecule has 1 aliphatic carbocycles. The summed E-state index contributed by atoms with van der Waals surface area (Å²) in [5.41, 5.74) is 2.50. The van der Waals surface area contributed by atoms with Gasteiger partial charge in [-0.3, -0.25) is 0 Å². The number of halogens is 2. The zero-order valence-electron chi connectivity index (χ0n) is 14.8. The van der Waals surface area contributed by atoms with Gasteiger partial charge in [-0.1, -0.05) is 24.3 Å². The molecule has 26 heavy (non-hydrogen) atoms. The lowest BCUT2D eigenvalue weighted by atomic mass is 9.77. The smallest absolute Gasteiger partial charge is 0.213 e. The number of hydrogen-bond acceptors (Lipinski definition) is 3. The summed E-state index contributed by atoms with van der Waals surface area (Å²) in [4.78, 5) is 0.633. The van der Waals surface area contributed by atoms with E-state index < -0.39 is 5.92 Å². The zero-order chi connectivity index (χ0) is 18.3. The van der Waals surface area contributed by atoms with Crippen LogP contribution < -0.4 is 0 Å². The number of fused-ring (bicyclic) bond motifs is 1. The lowest BCUT2D eigenvalue weighted by Gasteiger charge is -2.32. The standard InChI is InChI=1S/C20H21F2N3S/c1-13-9-14(10-13)12-26-19-11-15(7-8-16(19)20(2,21)22)25-18-6-4-3-5-17(18)23-24-25/h3-8,11,13-14H,9-10,12H2,1-2H3. The first-order chi connectivity index (χ1) is 12.4. The predicted molar refractivity (Wildman–Crippen MR) is 101 cm³/mol. The molecule has 0 radical (unpaired) electrons. The summed E-state index contributed by atoms with van der Waals surface area (Å²) in [7, 11) is 0. The maximum atomic E-state index is 14.1. The Morgan fingerprint density at radius 1 is 1.19 bits per heavy atom. The molecule has 1 aromatic heterocycles. The first-order valence-corrected chi connectivity index (χ1v) is 9.86. The Labute approximate surface area is 155 Å². The normalized spacial score (nSPS) is 20.3. The first kappa shape index (κ1) is 17.5. The third-order valence-corrected chi connectivity index (χ3v) is 6.27. The fourth-order valence-electron chi connectivity index (χ4n) is 3.60. The summed E-state index contributed by atoms with van der Waals surface area (Å²) in [6.07, 6.45) is 2.39. The molecule has 2 aromatic carbocycles. The molecule has 136 valence electrons. The van der Waals surface area contributed by atoms with Gasteiger partial charge in [-0.15, -0.1) is 16.9 Å². The van der Waals surface area contributed by atoms with Crippen molar-refractivity contribution in [3.05, 3.63) is 48.0 Å². The Morgan fingerprint density at radius 3 is 2.69 bits per heavy atom. The summed E-state index contributed by atoms with van der Waals surface area (Å²) < 4.78 is 29.9.